The first-order chi connectivity index (χ1) is 8.08. The van der Waals surface area contributed by atoms with Crippen LogP contribution in [0.4, 0.5) is 11.8 Å². The molecule has 0 spiro atoms. The Morgan fingerprint density at radius 3 is 2.71 bits per heavy atom. The maximum absolute atomic E-state index is 5.73. The molecule has 0 aliphatic heterocycles. The fourth-order valence-corrected chi connectivity index (χ4v) is 2.45. The standard InChI is InChI=1S/C12H18N4S/c1-4-12(3,5-2)16-9-8-6-7-17-10(8)15-11(13)14-9/h6-7H,4-5H2,1-3H3,(H3,13,14,15,16). The van der Waals surface area contributed by atoms with Gasteiger partial charge in [-0.3, -0.25) is 0 Å². The minimum Gasteiger partial charge on any atom is -0.368 e. The molecular weight excluding hydrogens is 232 g/mol. The van der Waals surface area contributed by atoms with E-state index < -0.39 is 0 Å². The van der Waals surface area contributed by atoms with Crippen LogP contribution in [0.2, 0.25) is 0 Å². The van der Waals surface area contributed by atoms with Crippen LogP contribution in [0.25, 0.3) is 10.2 Å². The molecule has 0 amide bonds. The molecule has 0 fully saturated rings. The normalized spacial score (nSPS) is 11.9. The first kappa shape index (κ1) is 12.1. The molecule has 2 rings (SSSR count). The number of aromatic nitrogens is 2. The van der Waals surface area contributed by atoms with Crippen molar-refractivity contribution >= 4 is 33.3 Å². The fourth-order valence-electron chi connectivity index (χ4n) is 1.68. The van der Waals surface area contributed by atoms with Crippen molar-refractivity contribution < 1.29 is 0 Å². The Bertz CT molecular complexity index is 516. The molecule has 17 heavy (non-hydrogen) atoms. The summed E-state index contributed by atoms with van der Waals surface area (Å²) in [7, 11) is 0. The minimum absolute atomic E-state index is 0.0513. The lowest BCUT2D eigenvalue weighted by Crippen LogP contribution is -2.33. The molecule has 0 radical (unpaired) electrons. The van der Waals surface area contributed by atoms with E-state index >= 15 is 0 Å². The molecule has 0 saturated carbocycles. The summed E-state index contributed by atoms with van der Waals surface area (Å²) in [5, 5.41) is 6.57. The first-order valence-electron chi connectivity index (χ1n) is 5.87. The topological polar surface area (TPSA) is 63.8 Å². The second-order valence-corrected chi connectivity index (χ2v) is 5.36. The third-order valence-electron chi connectivity index (χ3n) is 3.32. The largest absolute Gasteiger partial charge is 0.368 e. The van der Waals surface area contributed by atoms with E-state index in [-0.39, 0.29) is 5.54 Å². The van der Waals surface area contributed by atoms with Gasteiger partial charge in [-0.2, -0.15) is 4.98 Å². The van der Waals surface area contributed by atoms with Gasteiger partial charge >= 0.3 is 0 Å². The van der Waals surface area contributed by atoms with Crippen LogP contribution in [0.3, 0.4) is 0 Å². The van der Waals surface area contributed by atoms with Gasteiger partial charge in [0, 0.05) is 5.54 Å². The molecule has 0 saturated heterocycles. The van der Waals surface area contributed by atoms with Crippen molar-refractivity contribution in [1.29, 1.82) is 0 Å². The van der Waals surface area contributed by atoms with Crippen LogP contribution in [0.15, 0.2) is 11.4 Å². The number of anilines is 2. The van der Waals surface area contributed by atoms with Crippen molar-refractivity contribution in [3.63, 3.8) is 0 Å². The Hall–Kier alpha value is -1.36. The van der Waals surface area contributed by atoms with Crippen molar-refractivity contribution in [1.82, 2.24) is 9.97 Å². The second-order valence-electron chi connectivity index (χ2n) is 4.46. The molecular formula is C12H18N4S. The Kier molecular flexibility index (Phi) is 3.19. The number of nitrogens with one attached hydrogen (secondary N) is 1. The van der Waals surface area contributed by atoms with E-state index in [1.807, 2.05) is 11.4 Å². The van der Waals surface area contributed by atoms with Crippen LogP contribution in [0, 0.1) is 0 Å². The van der Waals surface area contributed by atoms with Crippen LogP contribution in [0.5, 0.6) is 0 Å². The number of nitrogens with zero attached hydrogens (tertiary/aromatic N) is 2. The van der Waals surface area contributed by atoms with E-state index in [0.717, 1.165) is 28.9 Å². The molecule has 0 unspecified atom stereocenters. The summed E-state index contributed by atoms with van der Waals surface area (Å²) in [6.07, 6.45) is 2.08. The Morgan fingerprint density at radius 2 is 2.06 bits per heavy atom. The van der Waals surface area contributed by atoms with Gasteiger partial charge in [-0.05, 0) is 31.2 Å². The van der Waals surface area contributed by atoms with Crippen molar-refractivity contribution in [2.24, 2.45) is 0 Å². The average Bonchev–Trinajstić information content (AvgIpc) is 2.77. The summed E-state index contributed by atoms with van der Waals surface area (Å²) in [6.45, 7) is 6.54. The van der Waals surface area contributed by atoms with Gasteiger partial charge in [-0.15, -0.1) is 11.3 Å². The highest BCUT2D eigenvalue weighted by atomic mass is 32.1. The highest BCUT2D eigenvalue weighted by molar-refractivity contribution is 7.16. The smallest absolute Gasteiger partial charge is 0.223 e. The lowest BCUT2D eigenvalue weighted by Gasteiger charge is -2.29. The zero-order valence-corrected chi connectivity index (χ0v) is 11.3. The number of hydrogen-bond acceptors (Lipinski definition) is 5. The van der Waals surface area contributed by atoms with Gasteiger partial charge in [0.2, 0.25) is 5.95 Å². The summed E-state index contributed by atoms with van der Waals surface area (Å²) < 4.78 is 0. The number of nitrogen functional groups attached to an aromatic ring is 1. The molecule has 4 nitrogen and oxygen atoms in total. The quantitative estimate of drug-likeness (QED) is 0.874. The average molecular weight is 250 g/mol. The molecule has 3 N–H and O–H groups in total. The molecule has 0 aromatic carbocycles. The van der Waals surface area contributed by atoms with Crippen LogP contribution >= 0.6 is 11.3 Å². The summed E-state index contributed by atoms with van der Waals surface area (Å²) in [5.74, 6) is 1.18. The summed E-state index contributed by atoms with van der Waals surface area (Å²) in [4.78, 5) is 9.48. The highest BCUT2D eigenvalue weighted by Crippen LogP contribution is 2.29. The number of rotatable bonds is 4. The molecule has 2 heterocycles. The van der Waals surface area contributed by atoms with Crippen LogP contribution in [-0.4, -0.2) is 15.5 Å². The van der Waals surface area contributed by atoms with Crippen LogP contribution in [0.1, 0.15) is 33.6 Å². The van der Waals surface area contributed by atoms with E-state index in [4.69, 9.17) is 5.73 Å². The summed E-state index contributed by atoms with van der Waals surface area (Å²) in [6, 6.07) is 2.04. The van der Waals surface area contributed by atoms with Gasteiger partial charge in [0.05, 0.1) is 5.39 Å². The van der Waals surface area contributed by atoms with Crippen molar-refractivity contribution in [2.75, 3.05) is 11.1 Å². The summed E-state index contributed by atoms with van der Waals surface area (Å²) >= 11 is 1.59. The monoisotopic (exact) mass is 250 g/mol. The zero-order chi connectivity index (χ0) is 12.5. The molecule has 92 valence electrons. The van der Waals surface area contributed by atoms with E-state index in [1.165, 1.54) is 0 Å². The van der Waals surface area contributed by atoms with Gasteiger partial charge in [-0.1, -0.05) is 13.8 Å². The van der Waals surface area contributed by atoms with Crippen molar-refractivity contribution in [2.45, 2.75) is 39.2 Å². The maximum Gasteiger partial charge on any atom is 0.223 e. The lowest BCUT2D eigenvalue weighted by molar-refractivity contribution is 0.477. The number of thiophene rings is 1. The predicted octanol–water partition coefficient (Wildman–Crippen LogP) is 3.26. The number of nitrogens with two attached hydrogens (primary N) is 1. The van der Waals surface area contributed by atoms with Crippen LogP contribution < -0.4 is 11.1 Å². The Balaban J connectivity index is 2.44. The molecule has 0 atom stereocenters. The van der Waals surface area contributed by atoms with Gasteiger partial charge in [0.15, 0.2) is 0 Å². The SMILES string of the molecule is CCC(C)(CC)Nc1nc(N)nc2sccc12. The van der Waals surface area contributed by atoms with Gasteiger partial charge in [-0.25, -0.2) is 4.98 Å². The van der Waals surface area contributed by atoms with Crippen LogP contribution in [-0.2, 0) is 0 Å². The van der Waals surface area contributed by atoms with E-state index in [0.29, 0.717) is 5.95 Å². The minimum atomic E-state index is 0.0513. The van der Waals surface area contributed by atoms with E-state index in [2.05, 4.69) is 36.1 Å². The Labute approximate surface area is 105 Å². The van der Waals surface area contributed by atoms with E-state index in [9.17, 15) is 0 Å². The molecule has 0 aliphatic carbocycles. The second kappa shape index (κ2) is 4.49. The maximum atomic E-state index is 5.73. The number of fused-ring (bicyclic) bond motifs is 1. The zero-order valence-electron chi connectivity index (χ0n) is 10.4. The van der Waals surface area contributed by atoms with Crippen molar-refractivity contribution in [3.8, 4) is 0 Å². The molecule has 0 bridgehead atoms. The third-order valence-corrected chi connectivity index (χ3v) is 4.13. The fraction of sp³-hybridized carbons (Fsp3) is 0.500. The van der Waals surface area contributed by atoms with E-state index in [1.54, 1.807) is 11.3 Å². The number of hydrogen-bond donors (Lipinski definition) is 2. The first-order valence-corrected chi connectivity index (χ1v) is 6.75. The molecule has 0 aliphatic rings. The highest BCUT2D eigenvalue weighted by Gasteiger charge is 2.21. The van der Waals surface area contributed by atoms with Gasteiger partial charge in [0.25, 0.3) is 0 Å². The van der Waals surface area contributed by atoms with Gasteiger partial charge in [0.1, 0.15) is 10.6 Å². The molecule has 2 aromatic heterocycles. The lowest BCUT2D eigenvalue weighted by atomic mass is 9.95. The third kappa shape index (κ3) is 2.34. The van der Waals surface area contributed by atoms with Crippen molar-refractivity contribution in [3.05, 3.63) is 11.4 Å². The van der Waals surface area contributed by atoms with Gasteiger partial charge < -0.3 is 11.1 Å². The molecule has 5 heteroatoms. The summed E-state index contributed by atoms with van der Waals surface area (Å²) in [5.41, 5.74) is 5.78. The molecule has 2 aromatic rings. The predicted molar refractivity (Wildman–Crippen MR) is 74.4 cm³/mol. The Morgan fingerprint density at radius 1 is 1.35 bits per heavy atom.